The second kappa shape index (κ2) is 12.7. The Hall–Kier alpha value is -3.98. The highest BCUT2D eigenvalue weighted by Gasteiger charge is 2.27. The number of anilines is 1. The van der Waals surface area contributed by atoms with Gasteiger partial charge in [-0.1, -0.05) is 6.07 Å². The lowest BCUT2D eigenvalue weighted by atomic mass is 10.2. The molecule has 206 valence electrons. The SMILES string of the molecule is COC(c1ncc(C)cn1)C(C)SNc1nnc(-c2cccnc2)n1-c1c(OC(F)F)cccc1OC(F)F. The third-order valence-electron chi connectivity index (χ3n) is 5.27. The topological polar surface area (TPSA) is 109 Å². The van der Waals surface area contributed by atoms with Crippen LogP contribution in [0.25, 0.3) is 17.1 Å². The zero-order valence-electron chi connectivity index (χ0n) is 20.8. The molecule has 2 unspecified atom stereocenters. The number of methoxy groups -OCH3 is 1. The van der Waals surface area contributed by atoms with Gasteiger partial charge in [0, 0.05) is 37.5 Å². The number of aromatic nitrogens is 6. The standard InChI is InChI=1S/C24H23F4N7O3S/c1-13-10-30-20(31-11-13)19(36-3)14(2)39-34-24-33-32-21(15-6-5-9-29-12-15)35(24)18-16(37-22(25)26)7-4-8-17(18)38-23(27)28/h4-12,14,19,22-23H,1-3H3,(H,33,34). The van der Waals surface area contributed by atoms with E-state index in [9.17, 15) is 17.6 Å². The highest BCUT2D eigenvalue weighted by molar-refractivity contribution is 8.01. The molecule has 0 radical (unpaired) electrons. The predicted octanol–water partition coefficient (Wildman–Crippen LogP) is 5.47. The molecule has 0 saturated carbocycles. The Morgan fingerprint density at radius 2 is 1.59 bits per heavy atom. The number of alkyl halides is 4. The van der Waals surface area contributed by atoms with E-state index in [0.717, 1.165) is 17.5 Å². The molecule has 0 bridgehead atoms. The van der Waals surface area contributed by atoms with Crippen molar-refractivity contribution in [3.05, 3.63) is 66.5 Å². The van der Waals surface area contributed by atoms with Crippen LogP contribution < -0.4 is 14.2 Å². The summed E-state index contributed by atoms with van der Waals surface area (Å²) in [6.07, 6.45) is 5.78. The third-order valence-corrected chi connectivity index (χ3v) is 6.19. The fraction of sp³-hybridized carbons (Fsp3) is 0.292. The Labute approximate surface area is 224 Å². The second-order valence-corrected chi connectivity index (χ2v) is 9.17. The molecule has 4 rings (SSSR count). The summed E-state index contributed by atoms with van der Waals surface area (Å²) in [5.41, 5.74) is 1.05. The largest absolute Gasteiger partial charge is 0.432 e. The van der Waals surface area contributed by atoms with Gasteiger partial charge in [-0.2, -0.15) is 17.6 Å². The van der Waals surface area contributed by atoms with Crippen LogP contribution in [0.2, 0.25) is 0 Å². The fourth-order valence-corrected chi connectivity index (χ4v) is 4.39. The van der Waals surface area contributed by atoms with Crippen LogP contribution in [0.4, 0.5) is 23.5 Å². The molecule has 1 N–H and O–H groups in total. The predicted molar refractivity (Wildman–Crippen MR) is 135 cm³/mol. The van der Waals surface area contributed by atoms with Crippen molar-refractivity contribution in [3.63, 3.8) is 0 Å². The number of para-hydroxylation sites is 1. The van der Waals surface area contributed by atoms with Crippen LogP contribution in [0, 0.1) is 6.92 Å². The number of aryl methyl sites for hydroxylation is 1. The summed E-state index contributed by atoms with van der Waals surface area (Å²) in [5.74, 6) is -0.303. The van der Waals surface area contributed by atoms with E-state index in [1.165, 1.54) is 42.3 Å². The van der Waals surface area contributed by atoms with Crippen molar-refractivity contribution in [1.82, 2.24) is 29.7 Å². The van der Waals surface area contributed by atoms with Crippen molar-refractivity contribution >= 4 is 17.9 Å². The van der Waals surface area contributed by atoms with E-state index in [2.05, 4.69) is 39.3 Å². The molecule has 2 atom stereocenters. The number of nitrogens with zero attached hydrogens (tertiary/aromatic N) is 6. The summed E-state index contributed by atoms with van der Waals surface area (Å²) in [6.45, 7) is -2.78. The molecule has 0 amide bonds. The van der Waals surface area contributed by atoms with Gasteiger partial charge < -0.3 is 14.2 Å². The van der Waals surface area contributed by atoms with Crippen LogP contribution in [0.3, 0.4) is 0 Å². The maximum absolute atomic E-state index is 13.3. The van der Waals surface area contributed by atoms with Gasteiger partial charge in [0.15, 0.2) is 23.1 Å². The number of pyridine rings is 1. The first-order valence-corrected chi connectivity index (χ1v) is 12.3. The van der Waals surface area contributed by atoms with Crippen LogP contribution >= 0.6 is 11.9 Å². The molecule has 1 aromatic carbocycles. The Bertz CT molecular complexity index is 1340. The van der Waals surface area contributed by atoms with Crippen molar-refractivity contribution < 1.29 is 31.8 Å². The van der Waals surface area contributed by atoms with Crippen LogP contribution in [0.5, 0.6) is 11.5 Å². The summed E-state index contributed by atoms with van der Waals surface area (Å²) >= 11 is 1.15. The van der Waals surface area contributed by atoms with Gasteiger partial charge >= 0.3 is 13.2 Å². The Morgan fingerprint density at radius 3 is 2.15 bits per heavy atom. The number of hydrogen-bond donors (Lipinski definition) is 1. The van der Waals surface area contributed by atoms with E-state index in [0.29, 0.717) is 11.4 Å². The van der Waals surface area contributed by atoms with Crippen LogP contribution in [-0.2, 0) is 4.74 Å². The zero-order valence-corrected chi connectivity index (χ0v) is 21.7. The van der Waals surface area contributed by atoms with Gasteiger partial charge in [-0.15, -0.1) is 10.2 Å². The molecule has 0 spiro atoms. The van der Waals surface area contributed by atoms with Gasteiger partial charge in [0.1, 0.15) is 11.8 Å². The van der Waals surface area contributed by atoms with Gasteiger partial charge in [-0.05, 0) is 55.6 Å². The molecule has 0 aliphatic rings. The first-order valence-electron chi connectivity index (χ1n) is 11.4. The third kappa shape index (κ3) is 6.72. The van der Waals surface area contributed by atoms with Gasteiger partial charge in [0.05, 0.1) is 5.25 Å². The van der Waals surface area contributed by atoms with Crippen molar-refractivity contribution in [2.24, 2.45) is 0 Å². The van der Waals surface area contributed by atoms with E-state index < -0.39 is 30.8 Å². The molecule has 4 aromatic rings. The van der Waals surface area contributed by atoms with Gasteiger partial charge in [0.2, 0.25) is 5.95 Å². The molecule has 0 aliphatic heterocycles. The maximum Gasteiger partial charge on any atom is 0.387 e. The van der Waals surface area contributed by atoms with Gasteiger partial charge in [0.25, 0.3) is 0 Å². The molecule has 0 saturated heterocycles. The summed E-state index contributed by atoms with van der Waals surface area (Å²) < 4.78 is 72.5. The molecule has 0 fully saturated rings. The quantitative estimate of drug-likeness (QED) is 0.176. The van der Waals surface area contributed by atoms with E-state index in [1.54, 1.807) is 24.5 Å². The van der Waals surface area contributed by atoms with Crippen LogP contribution in [0.15, 0.2) is 55.1 Å². The van der Waals surface area contributed by atoms with E-state index in [-0.39, 0.29) is 22.7 Å². The first kappa shape index (κ1) is 28.0. The van der Waals surface area contributed by atoms with Gasteiger partial charge in [-0.3, -0.25) is 14.3 Å². The Balaban J connectivity index is 1.77. The summed E-state index contributed by atoms with van der Waals surface area (Å²) in [4.78, 5) is 12.7. The molecular weight excluding hydrogens is 542 g/mol. The Kier molecular flexibility index (Phi) is 9.14. The first-order chi connectivity index (χ1) is 18.8. The molecule has 0 aliphatic carbocycles. The van der Waals surface area contributed by atoms with E-state index in [4.69, 9.17) is 4.74 Å². The summed E-state index contributed by atoms with van der Waals surface area (Å²) in [7, 11) is 1.51. The van der Waals surface area contributed by atoms with Crippen molar-refractivity contribution in [2.45, 2.75) is 38.4 Å². The molecular formula is C24H23F4N7O3S. The molecule has 39 heavy (non-hydrogen) atoms. The molecule has 3 heterocycles. The van der Waals surface area contributed by atoms with E-state index >= 15 is 0 Å². The number of rotatable bonds is 12. The number of nitrogens with one attached hydrogen (secondary N) is 1. The molecule has 10 nitrogen and oxygen atoms in total. The summed E-state index contributed by atoms with van der Waals surface area (Å²) in [5, 5.41) is 8.00. The lowest BCUT2D eigenvalue weighted by Crippen LogP contribution is -2.19. The lowest BCUT2D eigenvalue weighted by Gasteiger charge is -2.22. The number of ether oxygens (including phenoxy) is 3. The fourth-order valence-electron chi connectivity index (χ4n) is 3.61. The van der Waals surface area contributed by atoms with Crippen LogP contribution in [-0.4, -0.2) is 55.3 Å². The van der Waals surface area contributed by atoms with Crippen molar-refractivity contribution in [3.8, 4) is 28.6 Å². The average molecular weight is 566 g/mol. The smallest absolute Gasteiger partial charge is 0.387 e. The molecule has 3 aromatic heterocycles. The minimum Gasteiger partial charge on any atom is -0.432 e. The molecule has 15 heteroatoms. The Morgan fingerprint density at radius 1 is 0.923 bits per heavy atom. The van der Waals surface area contributed by atoms with Crippen molar-refractivity contribution in [2.75, 3.05) is 11.8 Å². The minimum absolute atomic E-state index is 0.00909. The number of halogens is 4. The second-order valence-electron chi connectivity index (χ2n) is 7.98. The van der Waals surface area contributed by atoms with Crippen LogP contribution in [0.1, 0.15) is 24.4 Å². The maximum atomic E-state index is 13.3. The highest BCUT2D eigenvalue weighted by Crippen LogP contribution is 2.40. The normalized spacial score (nSPS) is 12.9. The lowest BCUT2D eigenvalue weighted by molar-refractivity contribution is -0.0542. The monoisotopic (exact) mass is 565 g/mol. The highest BCUT2D eigenvalue weighted by atomic mass is 32.2. The average Bonchev–Trinajstić information content (AvgIpc) is 3.32. The minimum atomic E-state index is -3.24. The summed E-state index contributed by atoms with van der Waals surface area (Å²) in [6, 6.07) is 6.92. The number of hydrogen-bond acceptors (Lipinski definition) is 10. The van der Waals surface area contributed by atoms with Gasteiger partial charge in [-0.25, -0.2) is 9.97 Å². The zero-order chi connectivity index (χ0) is 27.9. The number of benzene rings is 1. The van der Waals surface area contributed by atoms with E-state index in [1.807, 2.05) is 13.8 Å². The van der Waals surface area contributed by atoms with Crippen molar-refractivity contribution in [1.29, 1.82) is 0 Å².